The lowest BCUT2D eigenvalue weighted by Crippen LogP contribution is -2.16. The summed E-state index contributed by atoms with van der Waals surface area (Å²) < 4.78 is 4.63. The highest BCUT2D eigenvalue weighted by atomic mass is 35.5. The molecule has 0 aromatic heterocycles. The Kier molecular flexibility index (Phi) is 3.01. The Bertz CT molecular complexity index is 352. The largest absolute Gasteiger partial charge is 0.410 e. The lowest BCUT2D eigenvalue weighted by Gasteiger charge is -2.06. The van der Waals surface area contributed by atoms with E-state index in [2.05, 4.69) is 4.74 Å². The fourth-order valence-electron chi connectivity index (χ4n) is 0.877. The van der Waals surface area contributed by atoms with Crippen LogP contribution >= 0.6 is 23.2 Å². The predicted octanol–water partition coefficient (Wildman–Crippen LogP) is 2.76. The highest BCUT2D eigenvalue weighted by molar-refractivity contribution is 6.35. The molecular weight excluding hydrogens is 213 g/mol. The van der Waals surface area contributed by atoms with E-state index in [4.69, 9.17) is 28.9 Å². The molecule has 0 saturated heterocycles. The lowest BCUT2D eigenvalue weighted by molar-refractivity contribution is 0.211. The summed E-state index contributed by atoms with van der Waals surface area (Å²) in [6.07, 6.45) is -0.913. The average molecular weight is 220 g/mol. The number of amides is 1. The molecule has 5 heteroatoms. The predicted molar refractivity (Wildman–Crippen MR) is 51.4 cm³/mol. The summed E-state index contributed by atoms with van der Waals surface area (Å²) in [5.41, 5.74) is 5.56. The molecule has 0 unspecified atom stereocenters. The van der Waals surface area contributed by atoms with Gasteiger partial charge in [0, 0.05) is 11.1 Å². The van der Waals surface area contributed by atoms with Gasteiger partial charge in [-0.1, -0.05) is 23.2 Å². The van der Waals surface area contributed by atoms with Crippen molar-refractivity contribution in [3.05, 3.63) is 27.7 Å². The van der Waals surface area contributed by atoms with Gasteiger partial charge in [-0.15, -0.1) is 0 Å². The quantitative estimate of drug-likeness (QED) is 0.790. The molecule has 0 atom stereocenters. The van der Waals surface area contributed by atoms with Crippen molar-refractivity contribution in [1.82, 2.24) is 0 Å². The molecule has 70 valence electrons. The Morgan fingerprint density at radius 3 is 2.62 bits per heavy atom. The Balaban J connectivity index is 3.12. The first-order chi connectivity index (χ1) is 6.00. The van der Waals surface area contributed by atoms with Crippen molar-refractivity contribution in [2.24, 2.45) is 5.73 Å². The number of benzene rings is 1. The van der Waals surface area contributed by atoms with Crippen molar-refractivity contribution in [2.75, 3.05) is 0 Å². The number of primary amides is 1. The van der Waals surface area contributed by atoms with Crippen LogP contribution in [0.1, 0.15) is 5.56 Å². The first kappa shape index (κ1) is 10.2. The van der Waals surface area contributed by atoms with Crippen LogP contribution in [-0.2, 0) is 0 Å². The molecule has 0 heterocycles. The fraction of sp³-hybridized carbons (Fsp3) is 0.125. The first-order valence-electron chi connectivity index (χ1n) is 3.43. The molecule has 0 aliphatic heterocycles. The van der Waals surface area contributed by atoms with Crippen LogP contribution in [0.3, 0.4) is 0 Å². The molecule has 0 bridgehead atoms. The van der Waals surface area contributed by atoms with E-state index in [-0.39, 0.29) is 5.75 Å². The van der Waals surface area contributed by atoms with Crippen LogP contribution in [0.15, 0.2) is 12.1 Å². The fourth-order valence-corrected chi connectivity index (χ4v) is 1.29. The van der Waals surface area contributed by atoms with Crippen LogP contribution in [0, 0.1) is 6.92 Å². The van der Waals surface area contributed by atoms with E-state index in [9.17, 15) is 4.79 Å². The number of halogens is 2. The first-order valence-corrected chi connectivity index (χ1v) is 4.19. The van der Waals surface area contributed by atoms with E-state index in [1.54, 1.807) is 13.0 Å². The Morgan fingerprint density at radius 2 is 2.08 bits per heavy atom. The number of nitrogens with two attached hydrogens (primary N) is 1. The number of rotatable bonds is 1. The monoisotopic (exact) mass is 219 g/mol. The zero-order chi connectivity index (χ0) is 10.0. The van der Waals surface area contributed by atoms with Gasteiger partial charge in [0.15, 0.2) is 5.75 Å². The average Bonchev–Trinajstić information content (AvgIpc) is 1.98. The Hall–Kier alpha value is -0.930. The summed E-state index contributed by atoms with van der Waals surface area (Å²) in [5, 5.41) is 0.779. The maximum atomic E-state index is 10.4. The summed E-state index contributed by atoms with van der Waals surface area (Å²) in [6.45, 7) is 1.75. The van der Waals surface area contributed by atoms with Crippen LogP contribution in [0.25, 0.3) is 0 Å². The smallest absolute Gasteiger partial charge is 0.409 e. The van der Waals surface area contributed by atoms with Crippen LogP contribution in [0.4, 0.5) is 4.79 Å². The molecule has 0 aliphatic carbocycles. The third-order valence-electron chi connectivity index (χ3n) is 1.40. The summed E-state index contributed by atoms with van der Waals surface area (Å²) in [6, 6.07) is 3.10. The summed E-state index contributed by atoms with van der Waals surface area (Å²) in [5.74, 6) is 0.180. The highest BCUT2D eigenvalue weighted by Gasteiger charge is 2.08. The van der Waals surface area contributed by atoms with Crippen LogP contribution < -0.4 is 10.5 Å². The molecule has 3 nitrogen and oxygen atoms in total. The number of carbonyl (C=O) groups excluding carboxylic acids is 1. The molecule has 0 aliphatic rings. The van der Waals surface area contributed by atoms with Gasteiger partial charge in [0.2, 0.25) is 0 Å². The third kappa shape index (κ3) is 2.50. The van der Waals surface area contributed by atoms with E-state index in [1.165, 1.54) is 6.07 Å². The minimum Gasteiger partial charge on any atom is -0.409 e. The van der Waals surface area contributed by atoms with E-state index in [1.807, 2.05) is 0 Å². The SMILES string of the molecule is Cc1cc(Cl)cc(OC(N)=O)c1Cl. The van der Waals surface area contributed by atoms with Gasteiger partial charge in [0.25, 0.3) is 0 Å². The molecule has 1 rings (SSSR count). The molecule has 0 radical (unpaired) electrons. The molecule has 13 heavy (non-hydrogen) atoms. The zero-order valence-electron chi connectivity index (χ0n) is 6.80. The standard InChI is InChI=1S/C8H7Cl2NO2/c1-4-2-5(9)3-6(7(4)10)13-8(11)12/h2-3H,1H3,(H2,11,12). The number of hydrogen-bond donors (Lipinski definition) is 1. The van der Waals surface area contributed by atoms with Gasteiger partial charge in [-0.3, -0.25) is 0 Å². The zero-order valence-corrected chi connectivity index (χ0v) is 8.32. The van der Waals surface area contributed by atoms with Gasteiger partial charge < -0.3 is 10.5 Å². The van der Waals surface area contributed by atoms with Gasteiger partial charge in [-0.05, 0) is 18.6 Å². The van der Waals surface area contributed by atoms with Crippen molar-refractivity contribution >= 4 is 29.3 Å². The number of carbonyl (C=O) groups is 1. The molecule has 0 fully saturated rings. The molecule has 1 aromatic rings. The van der Waals surface area contributed by atoms with Crippen LogP contribution in [0.2, 0.25) is 10.0 Å². The maximum absolute atomic E-state index is 10.4. The summed E-state index contributed by atoms with van der Waals surface area (Å²) in [4.78, 5) is 10.4. The van der Waals surface area contributed by atoms with Crippen molar-refractivity contribution in [1.29, 1.82) is 0 Å². The van der Waals surface area contributed by atoms with E-state index in [0.29, 0.717) is 10.0 Å². The second-order valence-corrected chi connectivity index (χ2v) is 3.27. The Morgan fingerprint density at radius 1 is 1.46 bits per heavy atom. The van der Waals surface area contributed by atoms with Gasteiger partial charge in [0.1, 0.15) is 0 Å². The van der Waals surface area contributed by atoms with Crippen LogP contribution in [0.5, 0.6) is 5.75 Å². The number of hydrogen-bond acceptors (Lipinski definition) is 2. The molecule has 1 aromatic carbocycles. The minimum absolute atomic E-state index is 0.180. The summed E-state index contributed by atoms with van der Waals surface area (Å²) >= 11 is 11.5. The van der Waals surface area contributed by atoms with Gasteiger partial charge in [-0.2, -0.15) is 0 Å². The molecule has 0 saturated carbocycles. The van der Waals surface area contributed by atoms with Crippen molar-refractivity contribution in [2.45, 2.75) is 6.92 Å². The van der Waals surface area contributed by atoms with E-state index < -0.39 is 6.09 Å². The second-order valence-electron chi connectivity index (χ2n) is 2.46. The van der Waals surface area contributed by atoms with Crippen molar-refractivity contribution < 1.29 is 9.53 Å². The maximum Gasteiger partial charge on any atom is 0.410 e. The van der Waals surface area contributed by atoms with Crippen molar-refractivity contribution in [3.63, 3.8) is 0 Å². The number of aryl methyl sites for hydroxylation is 1. The second kappa shape index (κ2) is 3.85. The van der Waals surface area contributed by atoms with Gasteiger partial charge >= 0.3 is 6.09 Å². The van der Waals surface area contributed by atoms with E-state index >= 15 is 0 Å². The lowest BCUT2D eigenvalue weighted by atomic mass is 10.2. The number of ether oxygens (including phenoxy) is 1. The summed E-state index contributed by atoms with van der Waals surface area (Å²) in [7, 11) is 0. The molecule has 2 N–H and O–H groups in total. The third-order valence-corrected chi connectivity index (χ3v) is 2.10. The van der Waals surface area contributed by atoms with Crippen molar-refractivity contribution in [3.8, 4) is 5.75 Å². The molecular formula is C8H7Cl2NO2. The Labute approximate surface area is 85.4 Å². The normalized spacial score (nSPS) is 9.77. The minimum atomic E-state index is -0.913. The highest BCUT2D eigenvalue weighted by Crippen LogP contribution is 2.31. The van der Waals surface area contributed by atoms with Gasteiger partial charge in [-0.25, -0.2) is 4.79 Å². The van der Waals surface area contributed by atoms with Crippen LogP contribution in [-0.4, -0.2) is 6.09 Å². The van der Waals surface area contributed by atoms with Gasteiger partial charge in [0.05, 0.1) is 5.02 Å². The topological polar surface area (TPSA) is 52.3 Å². The van der Waals surface area contributed by atoms with E-state index in [0.717, 1.165) is 5.56 Å². The molecule has 0 spiro atoms. The molecule has 1 amide bonds.